The molecule has 0 fully saturated rings. The Morgan fingerprint density at radius 1 is 0.625 bits per heavy atom. The fourth-order valence-electron chi connectivity index (χ4n) is 7.16. The number of pyridine rings is 3. The van der Waals surface area contributed by atoms with E-state index < -0.39 is 0 Å². The molecule has 0 unspecified atom stereocenters. The van der Waals surface area contributed by atoms with Crippen LogP contribution in [0.3, 0.4) is 0 Å². The van der Waals surface area contributed by atoms with Gasteiger partial charge < -0.3 is 13.5 Å². The van der Waals surface area contributed by atoms with Crippen molar-refractivity contribution < 1.29 is 25.8 Å². The second-order valence-electron chi connectivity index (χ2n) is 12.8. The monoisotopic (exact) mass is 804 g/mol. The minimum absolute atomic E-state index is 0. The van der Waals surface area contributed by atoms with Crippen molar-refractivity contribution >= 4 is 54.6 Å². The molecule has 0 spiro atoms. The van der Waals surface area contributed by atoms with Crippen LogP contribution in [-0.2, 0) is 21.1 Å². The van der Waals surface area contributed by atoms with E-state index in [4.69, 9.17) is 9.72 Å². The van der Waals surface area contributed by atoms with Gasteiger partial charge >= 0.3 is 21.1 Å². The summed E-state index contributed by atoms with van der Waals surface area (Å²) in [7, 11) is 0. The Bertz CT molecular complexity index is 2660. The van der Waals surface area contributed by atoms with Crippen molar-refractivity contribution in [3.8, 4) is 22.6 Å². The first kappa shape index (κ1) is 30.3. The molecule has 9 aromatic rings. The maximum Gasteiger partial charge on any atom is 2.00 e. The van der Waals surface area contributed by atoms with Gasteiger partial charge in [-0.25, -0.2) is 0 Å². The van der Waals surface area contributed by atoms with Crippen LogP contribution >= 0.6 is 0 Å². The molecule has 48 heavy (non-hydrogen) atoms. The average Bonchev–Trinajstić information content (AvgIpc) is 3.79. The van der Waals surface area contributed by atoms with Crippen LogP contribution < -0.4 is 4.74 Å². The minimum Gasteiger partial charge on any atom is -0.497 e. The zero-order valence-electron chi connectivity index (χ0n) is 26.9. The van der Waals surface area contributed by atoms with Crippen LogP contribution in [0.2, 0.25) is 0 Å². The molecule has 0 aliphatic carbocycles. The predicted molar refractivity (Wildman–Crippen MR) is 190 cm³/mol. The first-order valence-electron chi connectivity index (χ1n) is 16.1. The maximum absolute atomic E-state index is 6.42. The summed E-state index contributed by atoms with van der Waals surface area (Å²) in [5.74, 6) is 2.03. The molecule has 0 radical (unpaired) electrons. The molecule has 0 saturated carbocycles. The quantitative estimate of drug-likeness (QED) is 0.128. The van der Waals surface area contributed by atoms with Gasteiger partial charge in [0.1, 0.15) is 0 Å². The zero-order valence-corrected chi connectivity index (χ0v) is 29.2. The molecule has 7 heteroatoms. The predicted octanol–water partition coefficient (Wildman–Crippen LogP) is 10.3. The number of ether oxygens (including phenoxy) is 1. The molecule has 0 atom stereocenters. The number of rotatable bonds is 5. The zero-order chi connectivity index (χ0) is 31.8. The number of benzene rings is 4. The topological polar surface area (TPSA) is 56.7 Å². The number of imidazole rings is 2. The molecule has 0 aliphatic heterocycles. The van der Waals surface area contributed by atoms with Gasteiger partial charge in [0.25, 0.3) is 0 Å². The van der Waals surface area contributed by atoms with Gasteiger partial charge in [0.15, 0.2) is 0 Å². The smallest absolute Gasteiger partial charge is 0.497 e. The van der Waals surface area contributed by atoms with E-state index in [-0.39, 0.29) is 21.1 Å². The van der Waals surface area contributed by atoms with E-state index in [9.17, 15) is 0 Å². The van der Waals surface area contributed by atoms with E-state index in [0.717, 1.165) is 54.6 Å². The summed E-state index contributed by atoms with van der Waals surface area (Å²) >= 11 is 0. The van der Waals surface area contributed by atoms with Crippen molar-refractivity contribution in [1.29, 1.82) is 0 Å². The van der Waals surface area contributed by atoms with Crippen LogP contribution in [0.5, 0.6) is 11.5 Å². The van der Waals surface area contributed by atoms with Gasteiger partial charge in [0.2, 0.25) is 0 Å². The molecule has 0 amide bonds. The summed E-state index contributed by atoms with van der Waals surface area (Å²) in [4.78, 5) is 13.7. The number of hydrogen-bond acceptors (Lipinski definition) is 4. The molecule has 6 nitrogen and oxygen atoms in total. The maximum atomic E-state index is 6.42. The molecule has 236 valence electrons. The molecule has 9 rings (SSSR count). The Labute approximate surface area is 292 Å². The van der Waals surface area contributed by atoms with Crippen LogP contribution in [0.1, 0.15) is 50.7 Å². The molecule has 4 aromatic carbocycles. The summed E-state index contributed by atoms with van der Waals surface area (Å²) in [5, 5.41) is 6.17. The van der Waals surface area contributed by atoms with E-state index in [1.807, 2.05) is 53.6 Å². The Kier molecular flexibility index (Phi) is 7.30. The van der Waals surface area contributed by atoms with Crippen LogP contribution in [0, 0.1) is 12.1 Å². The summed E-state index contributed by atoms with van der Waals surface area (Å²) in [5.41, 5.74) is 9.10. The average molecular weight is 805 g/mol. The van der Waals surface area contributed by atoms with Crippen molar-refractivity contribution in [3.05, 3.63) is 127 Å². The van der Waals surface area contributed by atoms with Crippen LogP contribution in [0.4, 0.5) is 0 Å². The fourth-order valence-corrected chi connectivity index (χ4v) is 7.16. The van der Waals surface area contributed by atoms with Crippen LogP contribution in [-0.4, -0.2) is 23.8 Å². The number of aromatic nitrogens is 5. The summed E-state index contributed by atoms with van der Waals surface area (Å²) < 4.78 is 10.6. The van der Waals surface area contributed by atoms with Crippen LogP contribution in [0.15, 0.2) is 104 Å². The van der Waals surface area contributed by atoms with Gasteiger partial charge in [-0.2, -0.15) is 0 Å². The summed E-state index contributed by atoms with van der Waals surface area (Å²) in [6, 6.07) is 30.7. The third-order valence-corrected chi connectivity index (χ3v) is 9.35. The van der Waals surface area contributed by atoms with Crippen molar-refractivity contribution in [3.63, 3.8) is 0 Å². The molecule has 0 bridgehead atoms. The number of fused-ring (bicyclic) bond motifs is 12. The first-order valence-corrected chi connectivity index (χ1v) is 16.1. The second kappa shape index (κ2) is 11.6. The van der Waals surface area contributed by atoms with Gasteiger partial charge in [-0.1, -0.05) is 104 Å². The molecular formula is C41H31N5OPt. The standard InChI is InChI=1S/C41H31N5O.Pt/c1-24(2)29-6-5-7-30(25(3)4)39(29)26-8-11-33-31-12-9-27(21-35(31)40-43-16-18-45(40)37(33)20-26)47-28-10-13-32-34-14-15-42-23-38(34)46-19-17-44-41(46)36(32)22-28;/h5-20,23-25H,1-4H3;/q-2;+2. The first-order chi connectivity index (χ1) is 23.0. The van der Waals surface area contributed by atoms with Crippen molar-refractivity contribution in [2.75, 3.05) is 0 Å². The Hall–Kier alpha value is -5.06. The van der Waals surface area contributed by atoms with Gasteiger partial charge in [0, 0.05) is 54.2 Å². The van der Waals surface area contributed by atoms with E-state index in [1.165, 1.54) is 22.3 Å². The van der Waals surface area contributed by atoms with Gasteiger partial charge in [0.05, 0.1) is 16.8 Å². The van der Waals surface area contributed by atoms with Crippen LogP contribution in [0.25, 0.3) is 65.8 Å². The number of hydrogen-bond donors (Lipinski definition) is 0. The summed E-state index contributed by atoms with van der Waals surface area (Å²) in [6.45, 7) is 9.09. The molecule has 5 aromatic heterocycles. The molecule has 0 saturated heterocycles. The Morgan fingerprint density at radius 2 is 1.19 bits per heavy atom. The summed E-state index contributed by atoms with van der Waals surface area (Å²) in [6.07, 6.45) is 11.3. The normalized spacial score (nSPS) is 12.0. The molecule has 0 N–H and O–H groups in total. The van der Waals surface area contributed by atoms with Gasteiger partial charge in [-0.15, -0.1) is 12.1 Å². The second-order valence-corrected chi connectivity index (χ2v) is 12.8. The molecular weight excluding hydrogens is 774 g/mol. The molecule has 5 heterocycles. The third-order valence-electron chi connectivity index (χ3n) is 9.35. The fraction of sp³-hybridized carbons (Fsp3) is 0.146. The van der Waals surface area contributed by atoms with E-state index >= 15 is 0 Å². The van der Waals surface area contributed by atoms with Gasteiger partial charge in [-0.05, 0) is 57.0 Å². The van der Waals surface area contributed by atoms with E-state index in [0.29, 0.717) is 23.3 Å². The molecule has 0 aliphatic rings. The van der Waals surface area contributed by atoms with Crippen molar-refractivity contribution in [1.82, 2.24) is 23.8 Å². The Balaban J connectivity index is 0.00000336. The largest absolute Gasteiger partial charge is 2.00 e. The number of nitrogens with zero attached hydrogens (tertiary/aromatic N) is 5. The van der Waals surface area contributed by atoms with E-state index in [2.05, 4.69) is 103 Å². The van der Waals surface area contributed by atoms with E-state index in [1.54, 1.807) is 6.20 Å². The van der Waals surface area contributed by atoms with Crippen molar-refractivity contribution in [2.24, 2.45) is 0 Å². The minimum atomic E-state index is 0. The SMILES string of the molecule is CC(C)c1cccc(C(C)C)c1-c1ccc2c3ccc(Oc4[c-]c5c(cc4)c4ccncc4n4ccnc54)[c-]c3c3nccn3c2c1.[Pt+2]. The Morgan fingerprint density at radius 3 is 1.79 bits per heavy atom. The van der Waals surface area contributed by atoms with Gasteiger partial charge in [-0.3, -0.25) is 15.0 Å². The third kappa shape index (κ3) is 4.62. The van der Waals surface area contributed by atoms with Crippen molar-refractivity contribution in [2.45, 2.75) is 39.5 Å².